The molecule has 0 radical (unpaired) electrons. The van der Waals surface area contributed by atoms with Crippen LogP contribution in [0.15, 0.2) is 60.7 Å². The second kappa shape index (κ2) is 10.2. The maximum atomic E-state index is 14.4. The van der Waals surface area contributed by atoms with Gasteiger partial charge in [0.05, 0.1) is 28.9 Å². The van der Waals surface area contributed by atoms with E-state index in [1.165, 1.54) is 23.0 Å². The van der Waals surface area contributed by atoms with Gasteiger partial charge >= 0.3 is 5.97 Å². The van der Waals surface area contributed by atoms with Crippen molar-refractivity contribution in [2.24, 2.45) is 0 Å². The van der Waals surface area contributed by atoms with E-state index in [-0.39, 0.29) is 17.4 Å². The highest BCUT2D eigenvalue weighted by Crippen LogP contribution is 2.37. The van der Waals surface area contributed by atoms with Gasteiger partial charge in [-0.05, 0) is 72.9 Å². The summed E-state index contributed by atoms with van der Waals surface area (Å²) in [4.78, 5) is 18.3. The molecular weight excluding hydrogens is 451 g/mol. The molecule has 176 valence electrons. The molecule has 0 fully saturated rings. The van der Waals surface area contributed by atoms with Crippen molar-refractivity contribution in [3.8, 4) is 5.75 Å². The van der Waals surface area contributed by atoms with Gasteiger partial charge < -0.3 is 14.7 Å². The summed E-state index contributed by atoms with van der Waals surface area (Å²) in [5.74, 6) is -0.399. The predicted molar refractivity (Wildman–Crippen MR) is 135 cm³/mol. The Labute approximate surface area is 202 Å². The number of carbonyl (C=O) groups is 1. The Morgan fingerprint density at radius 2 is 1.94 bits per heavy atom. The van der Waals surface area contributed by atoms with Crippen LogP contribution in [-0.2, 0) is 6.42 Å². The number of rotatable bonds is 9. The van der Waals surface area contributed by atoms with Gasteiger partial charge in [0.1, 0.15) is 11.6 Å². The van der Waals surface area contributed by atoms with Crippen LogP contribution < -0.4 is 9.64 Å². The lowest BCUT2D eigenvalue weighted by molar-refractivity contribution is 0.0697. The molecule has 4 aromatic rings. The number of methoxy groups -OCH3 is 1. The minimum Gasteiger partial charge on any atom is -0.497 e. The minimum atomic E-state index is -0.951. The molecule has 3 aromatic carbocycles. The van der Waals surface area contributed by atoms with E-state index in [4.69, 9.17) is 9.72 Å². The number of anilines is 1. The Bertz CT molecular complexity index is 1300. The maximum absolute atomic E-state index is 14.4. The summed E-state index contributed by atoms with van der Waals surface area (Å²) in [6.07, 6.45) is 1.56. The molecule has 5 nitrogen and oxygen atoms in total. The van der Waals surface area contributed by atoms with E-state index in [2.05, 4.69) is 24.8 Å². The Balaban J connectivity index is 1.71. The molecule has 1 N–H and O–H groups in total. The number of hydrogen-bond donors (Lipinski definition) is 1. The van der Waals surface area contributed by atoms with E-state index in [1.54, 1.807) is 25.3 Å². The van der Waals surface area contributed by atoms with Crippen molar-refractivity contribution >= 4 is 32.7 Å². The highest BCUT2D eigenvalue weighted by Gasteiger charge is 2.24. The van der Waals surface area contributed by atoms with Crippen molar-refractivity contribution < 1.29 is 19.0 Å². The zero-order valence-electron chi connectivity index (χ0n) is 19.4. The van der Waals surface area contributed by atoms with Crippen LogP contribution in [0.4, 0.5) is 9.52 Å². The van der Waals surface area contributed by atoms with E-state index >= 15 is 0 Å². The number of hydrogen-bond acceptors (Lipinski definition) is 5. The van der Waals surface area contributed by atoms with Gasteiger partial charge in [-0.1, -0.05) is 42.5 Å². The minimum absolute atomic E-state index is 0.0370. The molecule has 1 heterocycles. The normalized spacial score (nSPS) is 12.0. The molecular formula is C27H27FN2O3S. The number of aryl methyl sites for hydroxylation is 1. The summed E-state index contributed by atoms with van der Waals surface area (Å²) >= 11 is 1.35. The Kier molecular flexibility index (Phi) is 7.12. The maximum Gasteiger partial charge on any atom is 0.335 e. The SMILES string of the molecule is CCC(c1ccc(C(=O)O)cc1)N(CCc1ccc(OC)cc1C)c1nc2cccc(F)c2s1. The number of nitrogens with zero attached hydrogens (tertiary/aromatic N) is 2. The van der Waals surface area contributed by atoms with Gasteiger partial charge in [0.15, 0.2) is 5.13 Å². The fraction of sp³-hybridized carbons (Fsp3) is 0.259. The molecule has 1 aromatic heterocycles. The van der Waals surface area contributed by atoms with E-state index in [0.29, 0.717) is 16.8 Å². The number of carboxylic acid groups (broad SMARTS) is 1. The monoisotopic (exact) mass is 478 g/mol. The van der Waals surface area contributed by atoms with Gasteiger partial charge in [-0.3, -0.25) is 0 Å². The molecule has 0 saturated heterocycles. The number of ether oxygens (including phenoxy) is 1. The molecule has 0 aliphatic rings. The molecule has 4 rings (SSSR count). The van der Waals surface area contributed by atoms with E-state index < -0.39 is 5.97 Å². The summed E-state index contributed by atoms with van der Waals surface area (Å²) in [7, 11) is 1.66. The zero-order chi connectivity index (χ0) is 24.2. The van der Waals surface area contributed by atoms with Crippen LogP contribution in [0.1, 0.15) is 46.4 Å². The molecule has 0 aliphatic carbocycles. The van der Waals surface area contributed by atoms with Gasteiger partial charge in [-0.2, -0.15) is 0 Å². The first-order valence-corrected chi connectivity index (χ1v) is 12.0. The number of aromatic nitrogens is 1. The van der Waals surface area contributed by atoms with Crippen molar-refractivity contribution in [1.82, 2.24) is 4.98 Å². The quantitative estimate of drug-likeness (QED) is 0.292. The number of carboxylic acids is 1. The van der Waals surface area contributed by atoms with Crippen LogP contribution in [0.2, 0.25) is 0 Å². The topological polar surface area (TPSA) is 62.7 Å². The fourth-order valence-electron chi connectivity index (χ4n) is 4.21. The van der Waals surface area contributed by atoms with E-state index in [0.717, 1.165) is 34.8 Å². The van der Waals surface area contributed by atoms with Crippen LogP contribution in [-0.4, -0.2) is 29.7 Å². The number of thiazole rings is 1. The third-order valence-corrected chi connectivity index (χ3v) is 7.20. The zero-order valence-corrected chi connectivity index (χ0v) is 20.2. The summed E-state index contributed by atoms with van der Waals surface area (Å²) in [5.41, 5.74) is 4.24. The van der Waals surface area contributed by atoms with E-state index in [1.807, 2.05) is 30.3 Å². The molecule has 34 heavy (non-hydrogen) atoms. The van der Waals surface area contributed by atoms with Gasteiger partial charge in [0, 0.05) is 6.54 Å². The Hall–Kier alpha value is -3.45. The number of fused-ring (bicyclic) bond motifs is 1. The van der Waals surface area contributed by atoms with E-state index in [9.17, 15) is 14.3 Å². The van der Waals surface area contributed by atoms with Gasteiger partial charge in [0.2, 0.25) is 0 Å². The van der Waals surface area contributed by atoms with Crippen molar-refractivity contribution in [3.05, 3.63) is 88.7 Å². The second-order valence-corrected chi connectivity index (χ2v) is 9.15. The molecule has 0 aliphatic heterocycles. The molecule has 0 saturated carbocycles. The highest BCUT2D eigenvalue weighted by atomic mass is 32.1. The first kappa shape index (κ1) is 23.7. The molecule has 1 atom stereocenters. The number of aromatic carboxylic acids is 1. The molecule has 0 spiro atoms. The van der Waals surface area contributed by atoms with Crippen LogP contribution in [0.25, 0.3) is 10.2 Å². The van der Waals surface area contributed by atoms with Gasteiger partial charge in [-0.15, -0.1) is 0 Å². The summed E-state index contributed by atoms with van der Waals surface area (Å²) in [5, 5.41) is 10.0. The van der Waals surface area contributed by atoms with Crippen molar-refractivity contribution in [3.63, 3.8) is 0 Å². The summed E-state index contributed by atoms with van der Waals surface area (Å²) < 4.78 is 20.3. The summed E-state index contributed by atoms with van der Waals surface area (Å²) in [6, 6.07) is 18.0. The molecule has 7 heteroatoms. The average Bonchev–Trinajstić information content (AvgIpc) is 3.28. The van der Waals surface area contributed by atoms with Crippen molar-refractivity contribution in [1.29, 1.82) is 0 Å². The smallest absolute Gasteiger partial charge is 0.335 e. The van der Waals surface area contributed by atoms with Crippen molar-refractivity contribution in [2.75, 3.05) is 18.6 Å². The standard InChI is InChI=1S/C27H27FN2O3S/c1-4-24(19-8-10-20(11-9-19)26(31)32)30(15-14-18-12-13-21(33-3)16-17(18)2)27-29-23-7-5-6-22(28)25(23)34-27/h5-13,16,24H,4,14-15H2,1-3H3,(H,31,32). The van der Waals surface area contributed by atoms with Crippen molar-refractivity contribution in [2.45, 2.75) is 32.7 Å². The van der Waals surface area contributed by atoms with Crippen LogP contribution in [0.3, 0.4) is 0 Å². The summed E-state index contributed by atoms with van der Waals surface area (Å²) in [6.45, 7) is 4.83. The molecule has 0 amide bonds. The lowest BCUT2D eigenvalue weighted by atomic mass is 10.00. The Morgan fingerprint density at radius 3 is 2.56 bits per heavy atom. The van der Waals surface area contributed by atoms with Crippen LogP contribution in [0.5, 0.6) is 5.75 Å². The highest BCUT2D eigenvalue weighted by molar-refractivity contribution is 7.22. The largest absolute Gasteiger partial charge is 0.497 e. The molecule has 0 bridgehead atoms. The first-order chi connectivity index (χ1) is 16.4. The number of halogens is 1. The van der Waals surface area contributed by atoms with Crippen LogP contribution >= 0.6 is 11.3 Å². The first-order valence-electron chi connectivity index (χ1n) is 11.2. The van der Waals surface area contributed by atoms with Crippen LogP contribution in [0, 0.1) is 12.7 Å². The molecule has 1 unspecified atom stereocenters. The third kappa shape index (κ3) is 4.89. The number of benzene rings is 3. The third-order valence-electron chi connectivity index (χ3n) is 6.08. The lowest BCUT2D eigenvalue weighted by Crippen LogP contribution is -2.30. The fourth-order valence-corrected chi connectivity index (χ4v) is 5.26. The van der Waals surface area contributed by atoms with Gasteiger partial charge in [-0.25, -0.2) is 14.2 Å². The predicted octanol–water partition coefficient (Wildman–Crippen LogP) is 6.65. The second-order valence-electron chi connectivity index (χ2n) is 8.17. The lowest BCUT2D eigenvalue weighted by Gasteiger charge is -2.31. The van der Waals surface area contributed by atoms with Gasteiger partial charge in [0.25, 0.3) is 0 Å². The average molecular weight is 479 g/mol. The Morgan fingerprint density at radius 1 is 1.18 bits per heavy atom.